The van der Waals surface area contributed by atoms with E-state index in [-0.39, 0.29) is 43.6 Å². The summed E-state index contributed by atoms with van der Waals surface area (Å²) >= 11 is 1.51. The summed E-state index contributed by atoms with van der Waals surface area (Å²) in [6.45, 7) is 6.16. The Morgan fingerprint density at radius 3 is 2.58 bits per heavy atom. The Bertz CT molecular complexity index is 1970. The first-order valence-corrected chi connectivity index (χ1v) is 21.3. The molecule has 3 atom stereocenters. The zero-order valence-corrected chi connectivity index (χ0v) is 32.7. The molecule has 0 saturated heterocycles. The van der Waals surface area contributed by atoms with Crippen LogP contribution in [0.15, 0.2) is 35.7 Å². The number of hydrogen-bond donors (Lipinski definition) is 3. The molecule has 3 heterocycles. The van der Waals surface area contributed by atoms with Crippen molar-refractivity contribution in [1.82, 2.24) is 25.3 Å². The van der Waals surface area contributed by atoms with Crippen molar-refractivity contribution >= 4 is 50.0 Å². The van der Waals surface area contributed by atoms with E-state index in [0.29, 0.717) is 42.0 Å². The van der Waals surface area contributed by atoms with Crippen LogP contribution in [-0.4, -0.2) is 66.7 Å². The van der Waals surface area contributed by atoms with Crippen LogP contribution in [0.5, 0.6) is 11.5 Å². The number of hydrogen-bond acceptors (Lipinski definition) is 10. The molecule has 0 unspecified atom stereocenters. The fourth-order valence-electron chi connectivity index (χ4n) is 7.27. The predicted octanol–water partition coefficient (Wildman–Crippen LogP) is 6.23. The van der Waals surface area contributed by atoms with E-state index < -0.39 is 38.7 Å². The van der Waals surface area contributed by atoms with E-state index in [1.807, 2.05) is 42.7 Å². The molecular formula is C39H51N5O7S2. The lowest BCUT2D eigenvalue weighted by molar-refractivity contribution is -0.132. The molecule has 3 N–H and O–H groups in total. The van der Waals surface area contributed by atoms with E-state index >= 15 is 0 Å². The Kier molecular flexibility index (Phi) is 12.1. The van der Waals surface area contributed by atoms with Crippen LogP contribution in [0.1, 0.15) is 108 Å². The van der Waals surface area contributed by atoms with Crippen molar-refractivity contribution < 1.29 is 32.3 Å². The normalized spacial score (nSPS) is 23.7. The Morgan fingerprint density at radius 1 is 1.08 bits per heavy atom. The molecule has 0 radical (unpaired) electrons. The number of carbonyl (C=O) groups excluding carboxylic acids is 3. The summed E-state index contributed by atoms with van der Waals surface area (Å²) in [6.07, 6.45) is 11.3. The first-order valence-electron chi connectivity index (χ1n) is 18.8. The Hall–Kier alpha value is -4.04. The van der Waals surface area contributed by atoms with Gasteiger partial charge in [-0.05, 0) is 63.5 Å². The summed E-state index contributed by atoms with van der Waals surface area (Å²) in [5.74, 6) is -0.450. The van der Waals surface area contributed by atoms with Gasteiger partial charge in [0.25, 0.3) is 5.91 Å². The zero-order chi connectivity index (χ0) is 37.8. The highest BCUT2D eigenvalue weighted by atomic mass is 32.2. The number of thiazole rings is 1. The number of fused-ring (bicyclic) bond motifs is 2. The van der Waals surface area contributed by atoms with E-state index in [2.05, 4.69) is 29.2 Å². The molecule has 53 heavy (non-hydrogen) atoms. The molecule has 3 aromatic rings. The quantitative estimate of drug-likeness (QED) is 0.203. The topological polar surface area (TPSA) is 166 Å². The number of sulfonamides is 1. The molecule has 14 heteroatoms. The van der Waals surface area contributed by atoms with E-state index in [1.165, 1.54) is 11.3 Å². The van der Waals surface area contributed by atoms with Crippen LogP contribution < -0.4 is 24.8 Å². The van der Waals surface area contributed by atoms with Crippen molar-refractivity contribution in [3.63, 3.8) is 0 Å². The van der Waals surface area contributed by atoms with Gasteiger partial charge in [-0.2, -0.15) is 0 Å². The lowest BCUT2D eigenvalue weighted by atomic mass is 10.0. The van der Waals surface area contributed by atoms with E-state index in [4.69, 9.17) is 19.4 Å². The minimum absolute atomic E-state index is 0.0513. The first kappa shape index (κ1) is 38.7. The second-order valence-corrected chi connectivity index (χ2v) is 17.6. The van der Waals surface area contributed by atoms with Gasteiger partial charge in [0.05, 0.1) is 30.2 Å². The van der Waals surface area contributed by atoms with Crippen molar-refractivity contribution in [2.75, 3.05) is 13.7 Å². The molecule has 12 nitrogen and oxygen atoms in total. The van der Waals surface area contributed by atoms with Crippen LogP contribution in [0.25, 0.3) is 21.6 Å². The van der Waals surface area contributed by atoms with Gasteiger partial charge >= 0.3 is 0 Å². The molecule has 3 aliphatic rings. The van der Waals surface area contributed by atoms with Crippen molar-refractivity contribution in [2.24, 2.45) is 5.92 Å². The monoisotopic (exact) mass is 765 g/mol. The summed E-state index contributed by atoms with van der Waals surface area (Å²) in [5.41, 5.74) is 1.73. The average molecular weight is 766 g/mol. The zero-order valence-electron chi connectivity index (χ0n) is 31.0. The number of ether oxygens (including phenoxy) is 2. The van der Waals surface area contributed by atoms with Gasteiger partial charge in [-0.1, -0.05) is 51.7 Å². The summed E-state index contributed by atoms with van der Waals surface area (Å²) in [4.78, 5) is 50.7. The smallest absolute Gasteiger partial charge is 0.259 e. The summed E-state index contributed by atoms with van der Waals surface area (Å²) < 4.78 is 40.8. The van der Waals surface area contributed by atoms with Crippen LogP contribution in [0.2, 0.25) is 0 Å². The SMILES string of the molecule is COc1ccc2c(OCC[C@@H]3NC(=O)CCCCC/C=C\[C@@H]4C[C@@]4(C(=O)NS(=O)(=O)C4CCCCC4)NC3=O)cc(-c3nc(C(C)C)cs3)nc2c1C. The van der Waals surface area contributed by atoms with Gasteiger partial charge in [-0.25, -0.2) is 18.4 Å². The fraction of sp³-hybridized carbons (Fsp3) is 0.564. The largest absolute Gasteiger partial charge is 0.496 e. The Balaban J connectivity index is 1.24. The molecule has 286 valence electrons. The molecule has 1 aromatic carbocycles. The molecule has 2 aromatic heterocycles. The third-order valence-corrected chi connectivity index (χ3v) is 13.4. The van der Waals surface area contributed by atoms with Crippen molar-refractivity contribution in [3.8, 4) is 22.2 Å². The third-order valence-electron chi connectivity index (χ3n) is 10.7. The van der Waals surface area contributed by atoms with Gasteiger partial charge < -0.3 is 20.1 Å². The molecule has 2 fully saturated rings. The van der Waals surface area contributed by atoms with Gasteiger partial charge in [-0.15, -0.1) is 11.3 Å². The number of pyridine rings is 1. The van der Waals surface area contributed by atoms with Crippen molar-refractivity contribution in [2.45, 2.75) is 121 Å². The summed E-state index contributed by atoms with van der Waals surface area (Å²) in [6, 6.07) is 4.56. The molecule has 2 aliphatic carbocycles. The van der Waals surface area contributed by atoms with E-state index in [9.17, 15) is 22.8 Å². The number of allylic oxidation sites excluding steroid dienone is 1. The van der Waals surface area contributed by atoms with Crippen LogP contribution >= 0.6 is 11.3 Å². The molecule has 2 saturated carbocycles. The summed E-state index contributed by atoms with van der Waals surface area (Å²) in [7, 11) is -2.31. The van der Waals surface area contributed by atoms with Crippen LogP contribution in [0, 0.1) is 12.8 Å². The van der Waals surface area contributed by atoms with E-state index in [0.717, 1.165) is 60.2 Å². The number of rotatable bonds is 10. The van der Waals surface area contributed by atoms with Gasteiger partial charge in [0.1, 0.15) is 33.8 Å². The standard InChI is InChI=1S/C39H51N5O7S2/c1-24(2)31-23-52-37(42-31)30-21-33(28-17-18-32(50-4)25(3)35(28)41-30)51-20-19-29-36(46)43-39(38(47)44-53(48,49)27-14-10-8-11-15-27)22-26(39)13-9-6-5-7-12-16-34(45)40-29/h9,13,17-18,21,23-24,26-27,29H,5-8,10-12,14-16,19-20,22H2,1-4H3,(H,40,45)(H,43,46)(H,44,47)/b13-9-/t26-,29+,39-/m1/s1. The molecule has 0 spiro atoms. The first-order chi connectivity index (χ1) is 25.4. The highest BCUT2D eigenvalue weighted by molar-refractivity contribution is 7.90. The number of nitrogens with one attached hydrogen (secondary N) is 3. The second kappa shape index (κ2) is 16.5. The van der Waals surface area contributed by atoms with Crippen molar-refractivity contribution in [3.05, 3.63) is 47.0 Å². The van der Waals surface area contributed by atoms with E-state index in [1.54, 1.807) is 7.11 Å². The maximum Gasteiger partial charge on any atom is 0.259 e. The number of methoxy groups -OCH3 is 1. The Morgan fingerprint density at radius 2 is 1.85 bits per heavy atom. The minimum atomic E-state index is -3.92. The van der Waals surface area contributed by atoms with Gasteiger partial charge in [0.15, 0.2) is 0 Å². The molecule has 3 amide bonds. The van der Waals surface area contributed by atoms with Gasteiger partial charge in [0.2, 0.25) is 21.8 Å². The third kappa shape index (κ3) is 8.86. The number of benzene rings is 1. The number of nitrogens with zero attached hydrogens (tertiary/aromatic N) is 2. The van der Waals surface area contributed by atoms with Gasteiger partial charge in [-0.3, -0.25) is 19.1 Å². The lowest BCUT2D eigenvalue weighted by Crippen LogP contribution is -2.57. The maximum absolute atomic E-state index is 14.0. The van der Waals surface area contributed by atoms with Crippen LogP contribution in [0.4, 0.5) is 0 Å². The minimum Gasteiger partial charge on any atom is -0.496 e. The molecule has 1 aliphatic heterocycles. The maximum atomic E-state index is 14.0. The van der Waals surface area contributed by atoms with Crippen molar-refractivity contribution in [1.29, 1.82) is 0 Å². The fourth-order valence-corrected chi connectivity index (χ4v) is 9.78. The molecular weight excluding hydrogens is 715 g/mol. The molecule has 0 bridgehead atoms. The molecule has 6 rings (SSSR count). The predicted molar refractivity (Wildman–Crippen MR) is 205 cm³/mol. The highest BCUT2D eigenvalue weighted by Crippen LogP contribution is 2.46. The number of amides is 3. The second-order valence-electron chi connectivity index (χ2n) is 14.8. The van der Waals surface area contributed by atoms with Crippen LogP contribution in [-0.2, 0) is 24.4 Å². The van der Waals surface area contributed by atoms with Crippen LogP contribution in [0.3, 0.4) is 0 Å². The number of aryl methyl sites for hydroxylation is 1. The Labute approximate surface area is 316 Å². The summed E-state index contributed by atoms with van der Waals surface area (Å²) in [5, 5.41) is 8.67. The van der Waals surface area contributed by atoms with Gasteiger partial charge in [0, 0.05) is 41.2 Å². The highest BCUT2D eigenvalue weighted by Gasteiger charge is 2.61. The lowest BCUT2D eigenvalue weighted by Gasteiger charge is -2.26. The average Bonchev–Trinajstić information content (AvgIpc) is 3.59. The number of aromatic nitrogens is 2. The number of carbonyl (C=O) groups is 3.